The third kappa shape index (κ3) is 2.40. The fraction of sp³-hybridized carbons (Fsp3) is 0.800. The summed E-state index contributed by atoms with van der Waals surface area (Å²) in [5.41, 5.74) is 0. The van der Waals surface area contributed by atoms with Crippen LogP contribution < -0.4 is 0 Å². The van der Waals surface area contributed by atoms with Crippen LogP contribution in [0.5, 0.6) is 0 Å². The molecule has 0 saturated carbocycles. The summed E-state index contributed by atoms with van der Waals surface area (Å²) in [5, 5.41) is 0. The molecule has 86 valence electrons. The maximum Gasteiger partial charge on any atom is 0.410 e. The van der Waals surface area contributed by atoms with Gasteiger partial charge < -0.3 is 9.47 Å². The minimum Gasteiger partial charge on any atom is -0.467 e. The van der Waals surface area contributed by atoms with Crippen molar-refractivity contribution in [1.29, 1.82) is 0 Å². The van der Waals surface area contributed by atoms with Crippen LogP contribution in [0.2, 0.25) is 0 Å². The summed E-state index contributed by atoms with van der Waals surface area (Å²) in [6, 6.07) is -0.476. The molecule has 5 nitrogen and oxygen atoms in total. The van der Waals surface area contributed by atoms with E-state index >= 15 is 0 Å². The molecule has 0 spiro atoms. The van der Waals surface area contributed by atoms with Crippen LogP contribution in [0, 0.1) is 0 Å². The molecule has 1 aliphatic rings. The molecule has 0 bridgehead atoms. The Kier molecular flexibility index (Phi) is 3.94. The highest BCUT2D eigenvalue weighted by atomic mass is 16.6. The van der Waals surface area contributed by atoms with Gasteiger partial charge >= 0.3 is 12.1 Å². The van der Waals surface area contributed by atoms with Gasteiger partial charge in [-0.3, -0.25) is 4.90 Å². The molecule has 5 heteroatoms. The van der Waals surface area contributed by atoms with Gasteiger partial charge in [-0.15, -0.1) is 0 Å². The van der Waals surface area contributed by atoms with Crippen LogP contribution in [0.3, 0.4) is 0 Å². The first-order valence-corrected chi connectivity index (χ1v) is 5.20. The molecular formula is C10H17NO4. The third-order valence-corrected chi connectivity index (χ3v) is 2.44. The Hall–Kier alpha value is -1.26. The molecule has 0 aromatic heterocycles. The minimum atomic E-state index is -0.436. The summed E-state index contributed by atoms with van der Waals surface area (Å²) in [5.74, 6) is -0.360. The fourth-order valence-corrected chi connectivity index (χ4v) is 1.71. The van der Waals surface area contributed by atoms with E-state index < -0.39 is 12.1 Å². The molecule has 2 atom stereocenters. The van der Waals surface area contributed by atoms with Crippen LogP contribution >= 0.6 is 0 Å². The smallest absolute Gasteiger partial charge is 0.410 e. The number of hydrogen-bond donors (Lipinski definition) is 0. The predicted molar refractivity (Wildman–Crippen MR) is 53.4 cm³/mol. The molecular weight excluding hydrogens is 198 g/mol. The third-order valence-electron chi connectivity index (χ3n) is 2.44. The molecule has 1 fully saturated rings. The van der Waals surface area contributed by atoms with Crippen LogP contribution in [-0.4, -0.2) is 42.8 Å². The van der Waals surface area contributed by atoms with Crippen molar-refractivity contribution in [3.05, 3.63) is 0 Å². The first kappa shape index (κ1) is 11.8. The normalized spacial score (nSPS) is 23.5. The van der Waals surface area contributed by atoms with Crippen molar-refractivity contribution in [2.45, 2.75) is 38.8 Å². The number of carbonyl (C=O) groups excluding carboxylic acids is 2. The zero-order valence-corrected chi connectivity index (χ0v) is 9.36. The zero-order valence-electron chi connectivity index (χ0n) is 9.36. The molecule has 1 amide bonds. The monoisotopic (exact) mass is 215 g/mol. The highest BCUT2D eigenvalue weighted by Crippen LogP contribution is 2.33. The van der Waals surface area contributed by atoms with Gasteiger partial charge in [-0.05, 0) is 13.3 Å². The molecule has 0 aliphatic carbocycles. The summed E-state index contributed by atoms with van der Waals surface area (Å²) >= 11 is 0. The van der Waals surface area contributed by atoms with Gasteiger partial charge in [0.05, 0.1) is 19.8 Å². The Balaban J connectivity index is 2.56. The average molecular weight is 215 g/mol. The number of methoxy groups -OCH3 is 1. The van der Waals surface area contributed by atoms with Gasteiger partial charge in [0, 0.05) is 0 Å². The van der Waals surface area contributed by atoms with E-state index in [0.29, 0.717) is 6.61 Å². The van der Waals surface area contributed by atoms with Gasteiger partial charge in [0.1, 0.15) is 0 Å². The van der Waals surface area contributed by atoms with Crippen molar-refractivity contribution in [3.63, 3.8) is 0 Å². The fourth-order valence-electron chi connectivity index (χ4n) is 1.71. The highest BCUT2D eigenvalue weighted by Gasteiger charge is 2.56. The summed E-state index contributed by atoms with van der Waals surface area (Å²) in [7, 11) is 1.33. The molecule has 1 rings (SSSR count). The lowest BCUT2D eigenvalue weighted by Gasteiger charge is -2.03. The lowest BCUT2D eigenvalue weighted by Crippen LogP contribution is -2.20. The van der Waals surface area contributed by atoms with Crippen molar-refractivity contribution in [1.82, 2.24) is 4.90 Å². The van der Waals surface area contributed by atoms with Gasteiger partial charge in [0.15, 0.2) is 6.04 Å². The molecule has 1 aliphatic heterocycles. The van der Waals surface area contributed by atoms with E-state index in [2.05, 4.69) is 4.74 Å². The second kappa shape index (κ2) is 5.00. The summed E-state index contributed by atoms with van der Waals surface area (Å²) < 4.78 is 9.47. The quantitative estimate of drug-likeness (QED) is 0.521. The first-order valence-electron chi connectivity index (χ1n) is 5.20. The van der Waals surface area contributed by atoms with Gasteiger partial charge in [-0.25, -0.2) is 9.59 Å². The molecule has 0 radical (unpaired) electrons. The van der Waals surface area contributed by atoms with Gasteiger partial charge in [0.2, 0.25) is 0 Å². The Labute approximate surface area is 89.3 Å². The van der Waals surface area contributed by atoms with E-state index in [1.165, 1.54) is 12.0 Å². The van der Waals surface area contributed by atoms with Crippen LogP contribution in [0.15, 0.2) is 0 Å². The molecule has 1 heterocycles. The van der Waals surface area contributed by atoms with Gasteiger partial charge in [-0.1, -0.05) is 13.3 Å². The van der Waals surface area contributed by atoms with Gasteiger partial charge in [0.25, 0.3) is 0 Å². The first-order chi connectivity index (χ1) is 7.17. The molecule has 2 unspecified atom stereocenters. The topological polar surface area (TPSA) is 55.6 Å². The molecule has 0 aromatic carbocycles. The number of ether oxygens (including phenoxy) is 2. The predicted octanol–water partition coefficient (Wildman–Crippen LogP) is 1.17. The number of esters is 1. The maximum absolute atomic E-state index is 11.4. The molecule has 0 N–H and O–H groups in total. The second-order valence-electron chi connectivity index (χ2n) is 3.43. The van der Waals surface area contributed by atoms with Crippen molar-refractivity contribution in [2.24, 2.45) is 0 Å². The maximum atomic E-state index is 11.4. The van der Waals surface area contributed by atoms with Crippen LogP contribution in [0.25, 0.3) is 0 Å². The number of rotatable bonds is 4. The largest absolute Gasteiger partial charge is 0.467 e. The van der Waals surface area contributed by atoms with E-state index in [9.17, 15) is 9.59 Å². The highest BCUT2D eigenvalue weighted by molar-refractivity contribution is 5.88. The van der Waals surface area contributed by atoms with Crippen molar-refractivity contribution < 1.29 is 19.1 Å². The second-order valence-corrected chi connectivity index (χ2v) is 3.43. The van der Waals surface area contributed by atoms with Crippen LogP contribution in [-0.2, 0) is 14.3 Å². The SMILES string of the molecule is CCCC1C(C(=O)OC)N1C(=O)OCC. The van der Waals surface area contributed by atoms with E-state index in [0.717, 1.165) is 12.8 Å². The van der Waals surface area contributed by atoms with E-state index in [4.69, 9.17) is 4.74 Å². The Morgan fingerprint density at radius 1 is 1.33 bits per heavy atom. The van der Waals surface area contributed by atoms with E-state index in [-0.39, 0.29) is 12.0 Å². The van der Waals surface area contributed by atoms with Gasteiger partial charge in [-0.2, -0.15) is 0 Å². The number of carbonyl (C=O) groups is 2. The average Bonchev–Trinajstić information content (AvgIpc) is 2.92. The van der Waals surface area contributed by atoms with E-state index in [1.807, 2.05) is 6.92 Å². The van der Waals surface area contributed by atoms with Crippen molar-refractivity contribution in [3.8, 4) is 0 Å². The Morgan fingerprint density at radius 3 is 2.47 bits per heavy atom. The minimum absolute atomic E-state index is 0.0403. The Bertz CT molecular complexity index is 254. The zero-order chi connectivity index (χ0) is 11.4. The molecule has 1 saturated heterocycles. The van der Waals surface area contributed by atoms with E-state index in [1.54, 1.807) is 6.92 Å². The molecule has 0 aromatic rings. The lowest BCUT2D eigenvalue weighted by atomic mass is 10.2. The Morgan fingerprint density at radius 2 is 2.00 bits per heavy atom. The number of amides is 1. The summed E-state index contributed by atoms with van der Waals surface area (Å²) in [6.45, 7) is 4.07. The van der Waals surface area contributed by atoms with Crippen LogP contribution in [0.4, 0.5) is 4.79 Å². The van der Waals surface area contributed by atoms with Crippen LogP contribution in [0.1, 0.15) is 26.7 Å². The summed E-state index contributed by atoms with van der Waals surface area (Å²) in [6.07, 6.45) is 1.30. The summed E-state index contributed by atoms with van der Waals surface area (Å²) in [4.78, 5) is 24.2. The van der Waals surface area contributed by atoms with Crippen molar-refractivity contribution >= 4 is 12.1 Å². The number of hydrogen-bond acceptors (Lipinski definition) is 4. The standard InChI is InChI=1S/C10H17NO4/c1-4-6-7-8(9(12)14-3)11(7)10(13)15-5-2/h7-8H,4-6H2,1-3H3. The lowest BCUT2D eigenvalue weighted by molar-refractivity contribution is -0.140. The number of nitrogens with zero attached hydrogens (tertiary/aromatic N) is 1. The molecule has 15 heavy (non-hydrogen) atoms. The van der Waals surface area contributed by atoms with Crippen molar-refractivity contribution in [2.75, 3.05) is 13.7 Å².